The van der Waals surface area contributed by atoms with Gasteiger partial charge in [0.1, 0.15) is 12.4 Å². The number of ether oxygens (including phenoxy) is 1. The number of aryl methyl sites for hydroxylation is 2. The minimum atomic E-state index is -0.164. The largest absolute Gasteiger partial charge is 0.486 e. The van der Waals surface area contributed by atoms with Gasteiger partial charge in [-0.1, -0.05) is 47.1 Å². The van der Waals surface area contributed by atoms with Crippen molar-refractivity contribution < 1.29 is 9.53 Å². The van der Waals surface area contributed by atoms with Crippen LogP contribution in [0.5, 0.6) is 5.75 Å². The maximum Gasteiger partial charge on any atom is 0.236 e. The Morgan fingerprint density at radius 2 is 1.86 bits per heavy atom. The summed E-state index contributed by atoms with van der Waals surface area (Å²) in [6.07, 6.45) is 0. The maximum atomic E-state index is 12.5. The number of amides is 1. The fourth-order valence-corrected chi connectivity index (χ4v) is 5.15. The van der Waals surface area contributed by atoms with Crippen LogP contribution in [0.2, 0.25) is 10.0 Å². The fraction of sp³-hybridized carbons (Fsp3) is 0.250. The van der Waals surface area contributed by atoms with E-state index < -0.39 is 0 Å². The number of aromatic nitrogens is 4. The topological polar surface area (TPSA) is 81.9 Å². The van der Waals surface area contributed by atoms with E-state index in [-0.39, 0.29) is 18.3 Å². The molecule has 0 aliphatic carbocycles. The third kappa shape index (κ3) is 6.35. The quantitative estimate of drug-likeness (QED) is 0.236. The molecule has 35 heavy (non-hydrogen) atoms. The van der Waals surface area contributed by atoms with Crippen LogP contribution in [0.25, 0.3) is 11.3 Å². The average Bonchev–Trinajstić information content (AvgIpc) is 3.46. The molecule has 7 nitrogen and oxygen atoms in total. The molecule has 2 aromatic heterocycles. The second kappa shape index (κ2) is 11.4. The Morgan fingerprint density at radius 1 is 1.14 bits per heavy atom. The van der Waals surface area contributed by atoms with Gasteiger partial charge in [0.2, 0.25) is 5.91 Å². The normalized spacial score (nSPS) is 11.0. The van der Waals surface area contributed by atoms with E-state index in [0.717, 1.165) is 33.2 Å². The number of hydrogen-bond acceptors (Lipinski definition) is 7. The molecule has 0 saturated carbocycles. The molecule has 0 unspecified atom stereocenters. The summed E-state index contributed by atoms with van der Waals surface area (Å²) in [6.45, 7) is 6.81. The summed E-state index contributed by atoms with van der Waals surface area (Å²) in [4.78, 5) is 17.0. The first-order chi connectivity index (χ1) is 16.8. The molecule has 0 fully saturated rings. The van der Waals surface area contributed by atoms with Gasteiger partial charge in [-0.15, -0.1) is 21.5 Å². The Kier molecular flexibility index (Phi) is 8.33. The second-order valence-corrected chi connectivity index (χ2v) is 10.3. The summed E-state index contributed by atoms with van der Waals surface area (Å²) in [6, 6.07) is 11.2. The van der Waals surface area contributed by atoms with E-state index in [1.165, 1.54) is 23.1 Å². The Bertz CT molecular complexity index is 1320. The Balaban J connectivity index is 1.33. The van der Waals surface area contributed by atoms with Crippen LogP contribution in [0.3, 0.4) is 0 Å². The van der Waals surface area contributed by atoms with E-state index in [4.69, 9.17) is 27.9 Å². The number of hydrogen-bond donors (Lipinski definition) is 1. The molecule has 4 aromatic rings. The summed E-state index contributed by atoms with van der Waals surface area (Å²) in [5.74, 6) is 1.44. The van der Waals surface area contributed by atoms with Crippen molar-refractivity contribution in [1.82, 2.24) is 19.7 Å². The molecular weight excluding hydrogens is 525 g/mol. The van der Waals surface area contributed by atoms with Crippen LogP contribution < -0.4 is 10.1 Å². The van der Waals surface area contributed by atoms with Crippen LogP contribution in [-0.2, 0) is 17.9 Å². The van der Waals surface area contributed by atoms with E-state index >= 15 is 0 Å². The number of carbonyl (C=O) groups is 1. The zero-order valence-corrected chi connectivity index (χ0v) is 22.5. The highest BCUT2D eigenvalue weighted by Gasteiger charge is 2.15. The summed E-state index contributed by atoms with van der Waals surface area (Å²) >= 11 is 14.9. The lowest BCUT2D eigenvalue weighted by atomic mass is 10.1. The van der Waals surface area contributed by atoms with Crippen LogP contribution in [0.15, 0.2) is 46.9 Å². The fourth-order valence-electron chi connectivity index (χ4n) is 3.36. The van der Waals surface area contributed by atoms with Crippen molar-refractivity contribution in [1.29, 1.82) is 0 Å². The third-order valence-corrected chi connectivity index (χ3v) is 7.68. The zero-order chi connectivity index (χ0) is 24.9. The molecule has 0 atom stereocenters. The lowest BCUT2D eigenvalue weighted by molar-refractivity contribution is -0.113. The van der Waals surface area contributed by atoms with Gasteiger partial charge in [0.15, 0.2) is 16.1 Å². The highest BCUT2D eigenvalue weighted by atomic mass is 35.5. The number of anilines is 1. The van der Waals surface area contributed by atoms with E-state index in [1.54, 1.807) is 0 Å². The molecule has 0 bridgehead atoms. The van der Waals surface area contributed by atoms with Crippen molar-refractivity contribution in [2.75, 3.05) is 11.1 Å². The monoisotopic (exact) mass is 547 g/mol. The molecule has 0 saturated heterocycles. The minimum Gasteiger partial charge on any atom is -0.486 e. The van der Waals surface area contributed by atoms with Crippen LogP contribution in [-0.4, -0.2) is 31.4 Å². The van der Waals surface area contributed by atoms with Crippen LogP contribution in [0.4, 0.5) is 5.13 Å². The molecule has 2 aromatic carbocycles. The number of benzene rings is 2. The Morgan fingerprint density at radius 3 is 2.54 bits per heavy atom. The average molecular weight is 549 g/mol. The van der Waals surface area contributed by atoms with Crippen molar-refractivity contribution >= 4 is 57.3 Å². The predicted octanol–water partition coefficient (Wildman–Crippen LogP) is 6.65. The predicted molar refractivity (Wildman–Crippen MR) is 143 cm³/mol. The van der Waals surface area contributed by atoms with Gasteiger partial charge in [0, 0.05) is 27.5 Å². The smallest absolute Gasteiger partial charge is 0.236 e. The van der Waals surface area contributed by atoms with E-state index in [1.807, 2.05) is 67.1 Å². The minimum absolute atomic E-state index is 0.164. The van der Waals surface area contributed by atoms with E-state index in [9.17, 15) is 4.79 Å². The van der Waals surface area contributed by atoms with Gasteiger partial charge >= 0.3 is 0 Å². The number of nitrogens with zero attached hydrogens (tertiary/aromatic N) is 4. The summed E-state index contributed by atoms with van der Waals surface area (Å²) in [5, 5.41) is 15.9. The molecule has 1 amide bonds. The first-order valence-electron chi connectivity index (χ1n) is 10.8. The van der Waals surface area contributed by atoms with Gasteiger partial charge < -0.3 is 14.6 Å². The molecule has 4 rings (SSSR count). The Labute approximate surface area is 221 Å². The van der Waals surface area contributed by atoms with Gasteiger partial charge in [-0.05, 0) is 56.2 Å². The molecule has 0 spiro atoms. The highest BCUT2D eigenvalue weighted by molar-refractivity contribution is 7.99. The van der Waals surface area contributed by atoms with Crippen LogP contribution in [0.1, 0.15) is 23.9 Å². The summed E-state index contributed by atoms with van der Waals surface area (Å²) in [7, 11) is 0. The van der Waals surface area contributed by atoms with Gasteiger partial charge in [-0.2, -0.15) is 0 Å². The number of nitrogens with one attached hydrogen (secondary N) is 1. The van der Waals surface area contributed by atoms with Gasteiger partial charge in [0.05, 0.1) is 11.4 Å². The van der Waals surface area contributed by atoms with Gasteiger partial charge in [-0.25, -0.2) is 4.98 Å². The molecule has 2 heterocycles. The number of thioether (sulfide) groups is 1. The van der Waals surface area contributed by atoms with Crippen molar-refractivity contribution in [2.45, 2.75) is 39.1 Å². The SMILES string of the molecule is CCn1c(COc2cc(C)c(Cl)c(C)c2)nnc1SCC(=O)Nc1nc(-c2ccc(Cl)cc2)cs1. The van der Waals surface area contributed by atoms with Crippen LogP contribution in [0, 0.1) is 13.8 Å². The number of thiazole rings is 1. The van der Waals surface area contributed by atoms with Crippen LogP contribution >= 0.6 is 46.3 Å². The molecule has 1 N–H and O–H groups in total. The summed E-state index contributed by atoms with van der Waals surface area (Å²) in [5.41, 5.74) is 3.65. The van der Waals surface area contributed by atoms with E-state index in [0.29, 0.717) is 27.7 Å². The van der Waals surface area contributed by atoms with Crippen molar-refractivity contribution in [3.8, 4) is 17.0 Å². The van der Waals surface area contributed by atoms with Gasteiger partial charge in [-0.3, -0.25) is 4.79 Å². The van der Waals surface area contributed by atoms with E-state index in [2.05, 4.69) is 20.5 Å². The van der Waals surface area contributed by atoms with Crippen molar-refractivity contribution in [2.24, 2.45) is 0 Å². The first kappa shape index (κ1) is 25.5. The van der Waals surface area contributed by atoms with Crippen molar-refractivity contribution in [3.05, 3.63) is 68.8 Å². The molecule has 0 radical (unpaired) electrons. The third-order valence-electron chi connectivity index (χ3n) is 5.11. The molecular formula is C24H23Cl2N5O2S2. The molecule has 0 aliphatic rings. The maximum absolute atomic E-state index is 12.5. The number of rotatable bonds is 9. The lowest BCUT2D eigenvalue weighted by Crippen LogP contribution is -2.14. The standard InChI is InChI=1S/C24H23Cl2N5O2S2/c1-4-31-20(11-33-18-9-14(2)22(26)15(3)10-18)29-30-24(31)35-13-21(32)28-23-27-19(12-34-23)16-5-7-17(25)8-6-16/h5-10,12H,4,11,13H2,1-3H3,(H,27,28,32). The number of carbonyl (C=O) groups excluding carboxylic acids is 1. The Hall–Kier alpha value is -2.59. The molecule has 0 aliphatic heterocycles. The van der Waals surface area contributed by atoms with Gasteiger partial charge in [0.25, 0.3) is 0 Å². The molecule has 11 heteroatoms. The lowest BCUT2D eigenvalue weighted by Gasteiger charge is -2.11. The number of halogens is 2. The molecule has 182 valence electrons. The van der Waals surface area contributed by atoms with Crippen molar-refractivity contribution in [3.63, 3.8) is 0 Å². The first-order valence-corrected chi connectivity index (χ1v) is 13.4. The highest BCUT2D eigenvalue weighted by Crippen LogP contribution is 2.28. The summed E-state index contributed by atoms with van der Waals surface area (Å²) < 4.78 is 7.87. The second-order valence-electron chi connectivity index (χ2n) is 7.68. The zero-order valence-electron chi connectivity index (χ0n) is 19.3.